The Bertz CT molecular complexity index is 1160. The molecule has 2 aromatic heterocycles. The summed E-state index contributed by atoms with van der Waals surface area (Å²) in [5.41, 5.74) is -0.0253. The molecule has 0 saturated carbocycles. The van der Waals surface area contributed by atoms with Crippen LogP contribution in [0, 0.1) is 0 Å². The number of carbonyl (C=O) groups is 1. The number of alkyl halides is 3. The first-order valence-corrected chi connectivity index (χ1v) is 9.79. The van der Waals surface area contributed by atoms with Crippen LogP contribution < -0.4 is 10.2 Å². The lowest BCUT2D eigenvalue weighted by atomic mass is 10.0. The molecule has 0 atom stereocenters. The molecule has 4 rings (SSSR count). The van der Waals surface area contributed by atoms with Gasteiger partial charge in [0.05, 0.1) is 36.2 Å². The smallest absolute Gasteiger partial charge is 0.384 e. The predicted molar refractivity (Wildman–Crippen MR) is 112 cm³/mol. The van der Waals surface area contributed by atoms with Crippen molar-refractivity contribution in [2.45, 2.75) is 32.2 Å². The lowest BCUT2D eigenvalue weighted by Crippen LogP contribution is -2.40. The fourth-order valence-corrected chi connectivity index (χ4v) is 3.30. The van der Waals surface area contributed by atoms with Crippen molar-refractivity contribution >= 4 is 17.5 Å². The molecule has 0 unspecified atom stereocenters. The predicted octanol–water partition coefficient (Wildman–Crippen LogP) is 3.74. The fraction of sp³-hybridized carbons (Fsp3) is 0.273. The highest BCUT2D eigenvalue weighted by Gasteiger charge is 2.32. The lowest BCUT2D eigenvalue weighted by Gasteiger charge is -2.28. The van der Waals surface area contributed by atoms with E-state index < -0.39 is 17.3 Å². The van der Waals surface area contributed by atoms with Crippen LogP contribution in [0.25, 0.3) is 11.3 Å². The molecule has 0 bridgehead atoms. The maximum absolute atomic E-state index is 13.1. The van der Waals surface area contributed by atoms with Gasteiger partial charge in [-0.1, -0.05) is 12.1 Å². The zero-order valence-corrected chi connectivity index (χ0v) is 17.3. The number of halogens is 3. The average Bonchev–Trinajstić information content (AvgIpc) is 2.74. The van der Waals surface area contributed by atoms with Gasteiger partial charge in [0.1, 0.15) is 5.60 Å². The van der Waals surface area contributed by atoms with Gasteiger partial charge in [0.2, 0.25) is 5.91 Å². The van der Waals surface area contributed by atoms with Crippen LogP contribution in [-0.4, -0.2) is 32.5 Å². The van der Waals surface area contributed by atoms with Gasteiger partial charge < -0.3 is 10.4 Å². The molecule has 7 nitrogen and oxygen atoms in total. The molecule has 3 aromatic rings. The van der Waals surface area contributed by atoms with E-state index in [4.69, 9.17) is 0 Å². The van der Waals surface area contributed by atoms with Crippen LogP contribution >= 0.6 is 0 Å². The quantitative estimate of drug-likeness (QED) is 0.638. The van der Waals surface area contributed by atoms with Gasteiger partial charge in [-0.2, -0.15) is 13.2 Å². The third-order valence-electron chi connectivity index (χ3n) is 5.00. The molecule has 0 aliphatic carbocycles. The second-order valence-electron chi connectivity index (χ2n) is 7.95. The van der Waals surface area contributed by atoms with E-state index in [1.54, 1.807) is 32.2 Å². The van der Waals surface area contributed by atoms with Crippen LogP contribution in [0.1, 0.15) is 30.7 Å². The Morgan fingerprint density at radius 3 is 2.56 bits per heavy atom. The van der Waals surface area contributed by atoms with Crippen molar-refractivity contribution in [3.63, 3.8) is 0 Å². The number of nitrogens with one attached hydrogen (secondary N) is 1. The molecule has 2 N–H and O–H groups in total. The van der Waals surface area contributed by atoms with E-state index in [2.05, 4.69) is 20.3 Å². The largest absolute Gasteiger partial charge is 0.416 e. The summed E-state index contributed by atoms with van der Waals surface area (Å²) in [6.45, 7) is 3.13. The van der Waals surface area contributed by atoms with Crippen molar-refractivity contribution in [3.05, 3.63) is 65.6 Å². The molecule has 166 valence electrons. The topological polar surface area (TPSA) is 91.2 Å². The number of benzene rings is 1. The third-order valence-corrected chi connectivity index (χ3v) is 5.00. The summed E-state index contributed by atoms with van der Waals surface area (Å²) in [5, 5.41) is 12.9. The van der Waals surface area contributed by atoms with Gasteiger partial charge in [-0.15, -0.1) is 0 Å². The molecule has 0 saturated heterocycles. The molecule has 3 heterocycles. The summed E-state index contributed by atoms with van der Waals surface area (Å²) < 4.78 is 39.2. The van der Waals surface area contributed by atoms with E-state index in [0.717, 1.165) is 12.1 Å². The highest BCUT2D eigenvalue weighted by atomic mass is 19.4. The normalized spacial score (nSPS) is 14.2. The van der Waals surface area contributed by atoms with E-state index in [9.17, 15) is 23.1 Å². The second kappa shape index (κ2) is 7.86. The van der Waals surface area contributed by atoms with Gasteiger partial charge in [0.25, 0.3) is 0 Å². The first-order valence-electron chi connectivity index (χ1n) is 9.79. The van der Waals surface area contributed by atoms with Crippen molar-refractivity contribution in [3.8, 4) is 11.3 Å². The third kappa shape index (κ3) is 4.40. The van der Waals surface area contributed by atoms with Crippen LogP contribution in [0.2, 0.25) is 0 Å². The van der Waals surface area contributed by atoms with E-state index in [1.165, 1.54) is 23.2 Å². The molecule has 0 fully saturated rings. The minimum atomic E-state index is -4.48. The number of aromatic nitrogens is 3. The minimum absolute atomic E-state index is 0.0399. The number of anilines is 2. The lowest BCUT2D eigenvalue weighted by molar-refractivity contribution is -0.137. The van der Waals surface area contributed by atoms with Gasteiger partial charge in [0.15, 0.2) is 11.6 Å². The number of hydrogen-bond acceptors (Lipinski definition) is 6. The monoisotopic (exact) mass is 443 g/mol. The fourth-order valence-electron chi connectivity index (χ4n) is 3.30. The molecule has 10 heteroatoms. The number of fused-ring (bicyclic) bond motifs is 1. The summed E-state index contributed by atoms with van der Waals surface area (Å²) in [4.78, 5) is 27.0. The number of rotatable bonds is 4. The summed E-state index contributed by atoms with van der Waals surface area (Å²) in [5.74, 6) is 0.251. The Labute approximate surface area is 182 Å². The minimum Gasteiger partial charge on any atom is -0.384 e. The van der Waals surface area contributed by atoms with E-state index in [0.29, 0.717) is 28.3 Å². The van der Waals surface area contributed by atoms with Gasteiger partial charge in [-0.05, 0) is 43.7 Å². The van der Waals surface area contributed by atoms with Crippen molar-refractivity contribution in [2.24, 2.45) is 0 Å². The van der Waals surface area contributed by atoms with Gasteiger partial charge in [-0.25, -0.2) is 9.97 Å². The summed E-state index contributed by atoms with van der Waals surface area (Å²) in [6, 6.07) is 8.24. The highest BCUT2D eigenvalue weighted by Crippen LogP contribution is 2.32. The number of pyridine rings is 1. The van der Waals surface area contributed by atoms with Crippen LogP contribution in [0.3, 0.4) is 0 Å². The molecule has 1 aliphatic rings. The number of nitrogens with zero attached hydrogens (tertiary/aromatic N) is 4. The average molecular weight is 443 g/mol. The van der Waals surface area contributed by atoms with Crippen LogP contribution in [-0.2, 0) is 23.1 Å². The molecule has 1 aromatic carbocycles. The molecule has 0 spiro atoms. The summed E-state index contributed by atoms with van der Waals surface area (Å²) >= 11 is 0. The molecule has 1 aliphatic heterocycles. The zero-order valence-electron chi connectivity index (χ0n) is 17.3. The molecule has 0 radical (unpaired) electrons. The maximum Gasteiger partial charge on any atom is 0.416 e. The van der Waals surface area contributed by atoms with Gasteiger partial charge in [0, 0.05) is 11.8 Å². The van der Waals surface area contributed by atoms with Crippen molar-refractivity contribution in [2.75, 3.05) is 16.8 Å². The SMILES string of the molecule is CC(C)(O)c1ccc(-c2cnc3c(n2)N(Cc2cccc(C(F)(F)F)c2)C(=O)CN3)cn1. The van der Waals surface area contributed by atoms with Crippen LogP contribution in [0.15, 0.2) is 48.8 Å². The Morgan fingerprint density at radius 1 is 1.12 bits per heavy atom. The number of amides is 1. The molecule has 1 amide bonds. The van der Waals surface area contributed by atoms with E-state index >= 15 is 0 Å². The first kappa shape index (κ1) is 21.7. The first-order chi connectivity index (χ1) is 15.0. The van der Waals surface area contributed by atoms with Gasteiger partial charge in [-0.3, -0.25) is 14.7 Å². The molecular formula is C22H20F3N5O2. The Kier molecular flexibility index (Phi) is 5.33. The second-order valence-corrected chi connectivity index (χ2v) is 7.95. The summed E-state index contributed by atoms with van der Waals surface area (Å²) in [7, 11) is 0. The van der Waals surface area contributed by atoms with E-state index in [-0.39, 0.29) is 24.8 Å². The maximum atomic E-state index is 13.1. The number of hydrogen-bond donors (Lipinski definition) is 2. The Hall–Kier alpha value is -3.53. The molecule has 32 heavy (non-hydrogen) atoms. The van der Waals surface area contributed by atoms with Crippen molar-refractivity contribution < 1.29 is 23.1 Å². The number of carbonyl (C=O) groups excluding carboxylic acids is 1. The Morgan fingerprint density at radius 2 is 1.91 bits per heavy atom. The van der Waals surface area contributed by atoms with Gasteiger partial charge >= 0.3 is 6.18 Å². The summed E-state index contributed by atoms with van der Waals surface area (Å²) in [6.07, 6.45) is -1.42. The molecular weight excluding hydrogens is 423 g/mol. The number of aliphatic hydroxyl groups is 1. The standard InChI is InChI=1S/C22H20F3N5O2/c1-21(2,32)17-7-6-14(9-26-17)16-10-27-19-20(29-16)30(18(31)11-28-19)12-13-4-3-5-15(8-13)22(23,24)25/h3-10,32H,11-12H2,1-2H3,(H,27,28). The van der Waals surface area contributed by atoms with Crippen LogP contribution in [0.4, 0.5) is 24.8 Å². The van der Waals surface area contributed by atoms with Crippen molar-refractivity contribution in [1.82, 2.24) is 15.0 Å². The Balaban J connectivity index is 1.67. The zero-order chi connectivity index (χ0) is 23.1. The van der Waals surface area contributed by atoms with E-state index in [1.807, 2.05) is 0 Å². The highest BCUT2D eigenvalue weighted by molar-refractivity contribution is 6.00. The van der Waals surface area contributed by atoms with Crippen molar-refractivity contribution in [1.29, 1.82) is 0 Å². The van der Waals surface area contributed by atoms with Crippen LogP contribution in [0.5, 0.6) is 0 Å².